The molecule has 4 nitrogen and oxygen atoms in total. The second-order valence-electron chi connectivity index (χ2n) is 7.95. The number of hydrogen-bond donors (Lipinski definition) is 1. The fourth-order valence-corrected chi connectivity index (χ4v) is 4.09. The summed E-state index contributed by atoms with van der Waals surface area (Å²) < 4.78 is 14.4. The zero-order chi connectivity index (χ0) is 18.3. The summed E-state index contributed by atoms with van der Waals surface area (Å²) >= 11 is 0. The van der Waals surface area contributed by atoms with Gasteiger partial charge in [-0.15, -0.1) is 0 Å². The standard InChI is InChI=1S/C21H26FN3O/c1-13-8-10-25(11-9-13)21-15-7-6-14(2)12-17(15)23-20(24-21)19-16(22)4-3-5-18(19)26/h3-5,13-14,26H,6-12H2,1-2H3/t14-/m1/s1. The summed E-state index contributed by atoms with van der Waals surface area (Å²) in [4.78, 5) is 11.8. The van der Waals surface area contributed by atoms with Gasteiger partial charge in [-0.2, -0.15) is 0 Å². The molecule has 1 atom stereocenters. The number of nitrogens with zero attached hydrogens (tertiary/aromatic N) is 3. The van der Waals surface area contributed by atoms with Crippen molar-refractivity contribution in [3.8, 4) is 17.1 Å². The second kappa shape index (κ2) is 6.86. The molecule has 2 aromatic rings. The molecule has 0 unspecified atom stereocenters. The quantitative estimate of drug-likeness (QED) is 0.870. The monoisotopic (exact) mass is 355 g/mol. The van der Waals surface area contributed by atoms with Crippen LogP contribution in [0.1, 0.15) is 44.4 Å². The third-order valence-corrected chi connectivity index (χ3v) is 5.80. The van der Waals surface area contributed by atoms with Crippen molar-refractivity contribution in [2.45, 2.75) is 46.0 Å². The summed E-state index contributed by atoms with van der Waals surface area (Å²) in [5, 5.41) is 10.2. The van der Waals surface area contributed by atoms with E-state index in [2.05, 4.69) is 23.7 Å². The van der Waals surface area contributed by atoms with E-state index in [9.17, 15) is 9.50 Å². The molecule has 1 N–H and O–H groups in total. The normalized spacial score (nSPS) is 20.9. The summed E-state index contributed by atoms with van der Waals surface area (Å²) in [5.74, 6) is 1.97. The molecule has 1 fully saturated rings. The fraction of sp³-hybridized carbons (Fsp3) is 0.524. The highest BCUT2D eigenvalue weighted by Crippen LogP contribution is 2.36. The van der Waals surface area contributed by atoms with Crippen LogP contribution < -0.4 is 4.90 Å². The lowest BCUT2D eigenvalue weighted by atomic mass is 9.87. The van der Waals surface area contributed by atoms with Gasteiger partial charge in [0.1, 0.15) is 17.4 Å². The van der Waals surface area contributed by atoms with Crippen molar-refractivity contribution in [2.75, 3.05) is 18.0 Å². The number of phenolic OH excluding ortho intramolecular Hbond substituents is 1. The SMILES string of the molecule is CC1CCN(c2nc(-c3c(O)cccc3F)nc3c2CC[C@@H](C)C3)CC1. The van der Waals surface area contributed by atoms with Crippen LogP contribution in [0.25, 0.3) is 11.4 Å². The van der Waals surface area contributed by atoms with Crippen molar-refractivity contribution in [3.05, 3.63) is 35.3 Å². The van der Waals surface area contributed by atoms with Crippen LogP contribution in [-0.4, -0.2) is 28.2 Å². The van der Waals surface area contributed by atoms with Gasteiger partial charge < -0.3 is 10.0 Å². The van der Waals surface area contributed by atoms with Crippen molar-refractivity contribution < 1.29 is 9.50 Å². The molecule has 0 radical (unpaired) electrons. The molecule has 1 aromatic carbocycles. The second-order valence-corrected chi connectivity index (χ2v) is 7.95. The first-order valence-electron chi connectivity index (χ1n) is 9.65. The number of aromatic hydroxyl groups is 1. The first-order chi connectivity index (χ1) is 12.5. The van der Waals surface area contributed by atoms with Crippen LogP contribution >= 0.6 is 0 Å². The van der Waals surface area contributed by atoms with Gasteiger partial charge in [-0.25, -0.2) is 14.4 Å². The van der Waals surface area contributed by atoms with Crippen LogP contribution in [-0.2, 0) is 12.8 Å². The average molecular weight is 355 g/mol. The van der Waals surface area contributed by atoms with Crippen LogP contribution in [0.5, 0.6) is 5.75 Å². The number of rotatable bonds is 2. The maximum atomic E-state index is 14.4. The van der Waals surface area contributed by atoms with Crippen LogP contribution in [0.4, 0.5) is 10.2 Å². The number of halogens is 1. The summed E-state index contributed by atoms with van der Waals surface area (Å²) in [7, 11) is 0. The van der Waals surface area contributed by atoms with Crippen LogP contribution in [0.2, 0.25) is 0 Å². The molecule has 26 heavy (non-hydrogen) atoms. The van der Waals surface area contributed by atoms with Gasteiger partial charge in [-0.1, -0.05) is 19.9 Å². The van der Waals surface area contributed by atoms with Crippen molar-refractivity contribution in [1.29, 1.82) is 0 Å². The smallest absolute Gasteiger partial charge is 0.168 e. The number of hydrogen-bond acceptors (Lipinski definition) is 4. The Kier molecular flexibility index (Phi) is 4.55. The van der Waals surface area contributed by atoms with E-state index in [0.29, 0.717) is 11.7 Å². The van der Waals surface area contributed by atoms with Crippen LogP contribution in [0.15, 0.2) is 18.2 Å². The molecule has 2 heterocycles. The average Bonchev–Trinajstić information content (AvgIpc) is 2.61. The van der Waals surface area contributed by atoms with Gasteiger partial charge in [0, 0.05) is 18.7 Å². The van der Waals surface area contributed by atoms with Gasteiger partial charge in [0.2, 0.25) is 0 Å². The van der Waals surface area contributed by atoms with Crippen LogP contribution in [0, 0.1) is 17.7 Å². The van der Waals surface area contributed by atoms with Gasteiger partial charge in [0.15, 0.2) is 5.82 Å². The van der Waals surface area contributed by atoms with E-state index in [1.807, 2.05) is 0 Å². The topological polar surface area (TPSA) is 49.2 Å². The summed E-state index contributed by atoms with van der Waals surface area (Å²) in [5.41, 5.74) is 2.35. The van der Waals surface area contributed by atoms with Gasteiger partial charge in [-0.05, 0) is 56.1 Å². The number of anilines is 1. The summed E-state index contributed by atoms with van der Waals surface area (Å²) in [6.45, 7) is 6.47. The highest BCUT2D eigenvalue weighted by atomic mass is 19.1. The predicted molar refractivity (Wildman–Crippen MR) is 101 cm³/mol. The Morgan fingerprint density at radius 1 is 1.08 bits per heavy atom. The molecule has 4 rings (SSSR count). The van der Waals surface area contributed by atoms with E-state index in [1.54, 1.807) is 0 Å². The lowest BCUT2D eigenvalue weighted by molar-refractivity contribution is 0.433. The Morgan fingerprint density at radius 3 is 2.58 bits per heavy atom. The molecule has 1 aliphatic carbocycles. The Bertz CT molecular complexity index is 795. The maximum absolute atomic E-state index is 14.4. The van der Waals surface area contributed by atoms with Crippen molar-refractivity contribution in [2.24, 2.45) is 11.8 Å². The predicted octanol–water partition coefficient (Wildman–Crippen LogP) is 4.35. The molecule has 5 heteroatoms. The number of phenols is 1. The minimum atomic E-state index is -0.480. The zero-order valence-electron chi connectivity index (χ0n) is 15.5. The molecule has 2 aliphatic rings. The molecule has 1 saturated heterocycles. The zero-order valence-corrected chi connectivity index (χ0v) is 15.5. The van der Waals surface area contributed by atoms with E-state index in [0.717, 1.165) is 62.6 Å². The van der Waals surface area contributed by atoms with E-state index in [-0.39, 0.29) is 11.3 Å². The lowest BCUT2D eigenvalue weighted by Crippen LogP contribution is -2.35. The molecule has 0 amide bonds. The molecule has 0 spiro atoms. The van der Waals surface area contributed by atoms with Crippen molar-refractivity contribution in [3.63, 3.8) is 0 Å². The number of fused-ring (bicyclic) bond motifs is 1. The van der Waals surface area contributed by atoms with Gasteiger partial charge in [-0.3, -0.25) is 0 Å². The van der Waals surface area contributed by atoms with Gasteiger partial charge >= 0.3 is 0 Å². The number of benzene rings is 1. The van der Waals surface area contributed by atoms with E-state index in [1.165, 1.54) is 23.8 Å². The Labute approximate surface area is 154 Å². The largest absolute Gasteiger partial charge is 0.507 e. The molecule has 0 bridgehead atoms. The molecular formula is C21H26FN3O. The minimum Gasteiger partial charge on any atom is -0.507 e. The Balaban J connectivity index is 1.83. The van der Waals surface area contributed by atoms with E-state index >= 15 is 0 Å². The first-order valence-corrected chi connectivity index (χ1v) is 9.65. The van der Waals surface area contributed by atoms with Crippen molar-refractivity contribution >= 4 is 5.82 Å². The first kappa shape index (κ1) is 17.3. The Morgan fingerprint density at radius 2 is 1.85 bits per heavy atom. The molecular weight excluding hydrogens is 329 g/mol. The maximum Gasteiger partial charge on any atom is 0.168 e. The number of piperidine rings is 1. The lowest BCUT2D eigenvalue weighted by Gasteiger charge is -2.34. The third-order valence-electron chi connectivity index (χ3n) is 5.80. The Hall–Kier alpha value is -2.17. The summed E-state index contributed by atoms with van der Waals surface area (Å²) in [6.07, 6.45) is 5.29. The highest BCUT2D eigenvalue weighted by molar-refractivity contribution is 5.67. The van der Waals surface area contributed by atoms with Gasteiger partial charge in [0.05, 0.1) is 11.3 Å². The van der Waals surface area contributed by atoms with E-state index < -0.39 is 5.82 Å². The molecule has 1 aromatic heterocycles. The third kappa shape index (κ3) is 3.15. The molecule has 1 aliphatic heterocycles. The molecule has 0 saturated carbocycles. The minimum absolute atomic E-state index is 0.105. The molecule has 138 valence electrons. The fourth-order valence-electron chi connectivity index (χ4n) is 4.09. The highest BCUT2D eigenvalue weighted by Gasteiger charge is 2.27. The van der Waals surface area contributed by atoms with E-state index in [4.69, 9.17) is 4.98 Å². The van der Waals surface area contributed by atoms with Crippen molar-refractivity contribution in [1.82, 2.24) is 9.97 Å². The van der Waals surface area contributed by atoms with Gasteiger partial charge in [0.25, 0.3) is 0 Å². The number of aromatic nitrogens is 2. The van der Waals surface area contributed by atoms with Crippen LogP contribution in [0.3, 0.4) is 0 Å². The summed E-state index contributed by atoms with van der Waals surface area (Å²) in [6, 6.07) is 4.34.